The summed E-state index contributed by atoms with van der Waals surface area (Å²) in [6.07, 6.45) is 3.64. The van der Waals surface area contributed by atoms with E-state index in [-0.39, 0.29) is 11.4 Å². The van der Waals surface area contributed by atoms with Crippen molar-refractivity contribution in [3.05, 3.63) is 29.6 Å². The van der Waals surface area contributed by atoms with E-state index in [9.17, 15) is 4.79 Å². The van der Waals surface area contributed by atoms with Gasteiger partial charge in [-0.3, -0.25) is 14.7 Å². The highest BCUT2D eigenvalue weighted by Crippen LogP contribution is 2.32. The molecular weight excluding hydrogens is 316 g/mol. The summed E-state index contributed by atoms with van der Waals surface area (Å²) in [5.41, 5.74) is 1.72. The van der Waals surface area contributed by atoms with Gasteiger partial charge in [0.2, 0.25) is 0 Å². The lowest BCUT2D eigenvalue weighted by Gasteiger charge is -2.51. The SMILES string of the molecule is Cc1ccc(C(=O)N2CCC3(CC2)COCCN3CCN(C)C)cn1. The van der Waals surface area contributed by atoms with Crippen LogP contribution in [-0.2, 0) is 4.74 Å². The Morgan fingerprint density at radius 3 is 2.68 bits per heavy atom. The first kappa shape index (κ1) is 18.3. The van der Waals surface area contributed by atoms with Crippen LogP contribution in [0.4, 0.5) is 0 Å². The number of likely N-dealkylation sites (N-methyl/N-ethyl adjacent to an activating group) is 1. The number of nitrogens with zero attached hydrogens (tertiary/aromatic N) is 4. The first-order chi connectivity index (χ1) is 12.0. The van der Waals surface area contributed by atoms with Crippen molar-refractivity contribution in [2.24, 2.45) is 0 Å². The van der Waals surface area contributed by atoms with Crippen LogP contribution in [0.2, 0.25) is 0 Å². The van der Waals surface area contributed by atoms with Crippen LogP contribution in [0, 0.1) is 6.92 Å². The van der Waals surface area contributed by atoms with Gasteiger partial charge in [-0.2, -0.15) is 0 Å². The summed E-state index contributed by atoms with van der Waals surface area (Å²) in [6, 6.07) is 3.78. The molecule has 3 heterocycles. The molecule has 0 unspecified atom stereocenters. The average molecular weight is 346 g/mol. The van der Waals surface area contributed by atoms with Gasteiger partial charge in [0.25, 0.3) is 5.91 Å². The number of carbonyl (C=O) groups is 1. The second-order valence-electron chi connectivity index (χ2n) is 7.55. The van der Waals surface area contributed by atoms with Crippen molar-refractivity contribution in [1.29, 1.82) is 0 Å². The molecule has 0 aromatic carbocycles. The standard InChI is InChI=1S/C19H30N4O2/c1-16-4-5-17(14-20-16)18(24)22-8-6-19(7-9-22)15-25-13-12-23(19)11-10-21(2)3/h4-5,14H,6-13,15H2,1-3H3. The summed E-state index contributed by atoms with van der Waals surface area (Å²) < 4.78 is 5.82. The van der Waals surface area contributed by atoms with Crippen LogP contribution >= 0.6 is 0 Å². The minimum atomic E-state index is 0.0938. The van der Waals surface area contributed by atoms with E-state index in [1.165, 1.54) is 0 Å². The minimum Gasteiger partial charge on any atom is -0.378 e. The quantitative estimate of drug-likeness (QED) is 0.821. The number of likely N-dealkylation sites (tertiary alicyclic amines) is 1. The molecule has 2 fully saturated rings. The van der Waals surface area contributed by atoms with Gasteiger partial charge in [0.1, 0.15) is 0 Å². The fourth-order valence-electron chi connectivity index (χ4n) is 3.80. The van der Waals surface area contributed by atoms with E-state index in [1.54, 1.807) is 6.20 Å². The van der Waals surface area contributed by atoms with E-state index in [1.807, 2.05) is 24.0 Å². The molecule has 0 aliphatic carbocycles. The van der Waals surface area contributed by atoms with Gasteiger partial charge in [-0.15, -0.1) is 0 Å². The van der Waals surface area contributed by atoms with Gasteiger partial charge in [-0.1, -0.05) is 0 Å². The zero-order valence-corrected chi connectivity index (χ0v) is 15.7. The van der Waals surface area contributed by atoms with Crippen molar-refractivity contribution in [3.8, 4) is 0 Å². The largest absolute Gasteiger partial charge is 0.378 e. The van der Waals surface area contributed by atoms with Gasteiger partial charge in [0.05, 0.1) is 18.8 Å². The number of rotatable bonds is 4. The Kier molecular flexibility index (Phi) is 5.71. The molecule has 25 heavy (non-hydrogen) atoms. The third-order valence-corrected chi connectivity index (χ3v) is 5.50. The first-order valence-electron chi connectivity index (χ1n) is 9.20. The number of piperidine rings is 1. The predicted octanol–water partition coefficient (Wildman–Crippen LogP) is 1.26. The molecule has 138 valence electrons. The van der Waals surface area contributed by atoms with Gasteiger partial charge < -0.3 is 14.5 Å². The van der Waals surface area contributed by atoms with Gasteiger partial charge in [0.15, 0.2) is 0 Å². The molecule has 6 nitrogen and oxygen atoms in total. The number of pyridine rings is 1. The highest BCUT2D eigenvalue weighted by Gasteiger charge is 2.42. The van der Waals surface area contributed by atoms with Crippen molar-refractivity contribution in [1.82, 2.24) is 19.7 Å². The average Bonchev–Trinajstić information content (AvgIpc) is 2.62. The molecule has 2 aliphatic rings. The Morgan fingerprint density at radius 1 is 1.28 bits per heavy atom. The number of ether oxygens (including phenoxy) is 1. The highest BCUT2D eigenvalue weighted by molar-refractivity contribution is 5.94. The van der Waals surface area contributed by atoms with E-state index in [0.717, 1.165) is 64.5 Å². The van der Waals surface area contributed by atoms with Crippen molar-refractivity contribution in [2.75, 3.05) is 60.0 Å². The molecule has 1 aromatic rings. The summed E-state index contributed by atoms with van der Waals surface area (Å²) in [4.78, 5) is 23.8. The lowest BCUT2D eigenvalue weighted by molar-refractivity contribution is -0.0927. The van der Waals surface area contributed by atoms with E-state index < -0.39 is 0 Å². The molecule has 0 atom stereocenters. The zero-order valence-electron chi connectivity index (χ0n) is 15.7. The molecular formula is C19H30N4O2. The van der Waals surface area contributed by atoms with Crippen molar-refractivity contribution < 1.29 is 9.53 Å². The van der Waals surface area contributed by atoms with E-state index in [2.05, 4.69) is 28.9 Å². The maximum Gasteiger partial charge on any atom is 0.255 e. The number of amides is 1. The van der Waals surface area contributed by atoms with Crippen molar-refractivity contribution in [2.45, 2.75) is 25.3 Å². The zero-order chi connectivity index (χ0) is 17.9. The monoisotopic (exact) mass is 346 g/mol. The second kappa shape index (κ2) is 7.81. The molecule has 3 rings (SSSR count). The maximum atomic E-state index is 12.7. The molecule has 0 saturated carbocycles. The van der Waals surface area contributed by atoms with Crippen molar-refractivity contribution >= 4 is 5.91 Å². The number of hydrogen-bond acceptors (Lipinski definition) is 5. The molecule has 1 spiro atoms. The van der Waals surface area contributed by atoms with Crippen LogP contribution in [0.1, 0.15) is 28.9 Å². The second-order valence-corrected chi connectivity index (χ2v) is 7.55. The van der Waals surface area contributed by atoms with Crippen LogP contribution < -0.4 is 0 Å². The molecule has 0 radical (unpaired) electrons. The number of aryl methyl sites for hydroxylation is 1. The Morgan fingerprint density at radius 2 is 2.04 bits per heavy atom. The number of aromatic nitrogens is 1. The number of morpholine rings is 1. The minimum absolute atomic E-state index is 0.0938. The summed E-state index contributed by atoms with van der Waals surface area (Å²) in [5.74, 6) is 0.0962. The van der Waals surface area contributed by atoms with E-state index in [0.29, 0.717) is 5.56 Å². The molecule has 6 heteroatoms. The molecule has 2 aliphatic heterocycles. The van der Waals surface area contributed by atoms with Gasteiger partial charge in [0, 0.05) is 50.2 Å². The normalized spacial score (nSPS) is 21.0. The van der Waals surface area contributed by atoms with E-state index in [4.69, 9.17) is 4.74 Å². The van der Waals surface area contributed by atoms with Gasteiger partial charge >= 0.3 is 0 Å². The Balaban J connectivity index is 1.62. The maximum absolute atomic E-state index is 12.7. The summed E-state index contributed by atoms with van der Waals surface area (Å²) in [7, 11) is 4.23. The van der Waals surface area contributed by atoms with Crippen LogP contribution in [0.25, 0.3) is 0 Å². The van der Waals surface area contributed by atoms with Gasteiger partial charge in [-0.05, 0) is 46.0 Å². The number of carbonyl (C=O) groups excluding carboxylic acids is 1. The van der Waals surface area contributed by atoms with Crippen LogP contribution in [0.5, 0.6) is 0 Å². The van der Waals surface area contributed by atoms with Crippen LogP contribution in [0.3, 0.4) is 0 Å². The highest BCUT2D eigenvalue weighted by atomic mass is 16.5. The lowest BCUT2D eigenvalue weighted by Crippen LogP contribution is -2.62. The fraction of sp³-hybridized carbons (Fsp3) is 0.684. The Hall–Kier alpha value is -1.50. The smallest absolute Gasteiger partial charge is 0.255 e. The number of hydrogen-bond donors (Lipinski definition) is 0. The molecule has 0 N–H and O–H groups in total. The molecule has 0 bridgehead atoms. The third-order valence-electron chi connectivity index (χ3n) is 5.50. The first-order valence-corrected chi connectivity index (χ1v) is 9.20. The van der Waals surface area contributed by atoms with E-state index >= 15 is 0 Å². The molecule has 1 amide bonds. The summed E-state index contributed by atoms with van der Waals surface area (Å²) >= 11 is 0. The third kappa shape index (κ3) is 4.19. The van der Waals surface area contributed by atoms with Crippen molar-refractivity contribution in [3.63, 3.8) is 0 Å². The lowest BCUT2D eigenvalue weighted by atomic mass is 9.85. The molecule has 2 saturated heterocycles. The summed E-state index contributed by atoms with van der Waals surface area (Å²) in [5, 5.41) is 0. The Bertz CT molecular complexity index is 580. The topological polar surface area (TPSA) is 48.9 Å². The predicted molar refractivity (Wildman–Crippen MR) is 97.8 cm³/mol. The van der Waals surface area contributed by atoms with Crippen LogP contribution in [0.15, 0.2) is 18.3 Å². The van der Waals surface area contributed by atoms with Crippen LogP contribution in [-0.4, -0.2) is 91.2 Å². The fourth-order valence-corrected chi connectivity index (χ4v) is 3.80. The van der Waals surface area contributed by atoms with Gasteiger partial charge in [-0.25, -0.2) is 0 Å². The Labute approximate surface area is 150 Å². The summed E-state index contributed by atoms with van der Waals surface area (Å²) in [6.45, 7) is 8.21. The molecule has 1 aromatic heterocycles.